The van der Waals surface area contributed by atoms with Crippen molar-refractivity contribution >= 4 is 56.7 Å². The number of benzene rings is 1. The molecular weight excluding hydrogens is 393 g/mol. The number of alkyl halides is 1. The first-order valence-corrected chi connectivity index (χ1v) is 8.75. The Balaban J connectivity index is 1.59. The third kappa shape index (κ3) is 2.02. The molecule has 116 valence electrons. The molecule has 1 amide bonds. The monoisotopic (exact) mass is 403 g/mol. The van der Waals surface area contributed by atoms with Crippen LogP contribution in [-0.4, -0.2) is 22.8 Å². The maximum Gasteiger partial charge on any atom is 0.310 e. The van der Waals surface area contributed by atoms with Gasteiger partial charge in [-0.1, -0.05) is 39.1 Å². The topological polar surface area (TPSA) is 55.4 Å². The van der Waals surface area contributed by atoms with Crippen molar-refractivity contribution in [3.8, 4) is 0 Å². The molecule has 1 heterocycles. The van der Waals surface area contributed by atoms with E-state index in [9.17, 15) is 9.59 Å². The van der Waals surface area contributed by atoms with E-state index in [0.29, 0.717) is 15.7 Å². The number of halogens is 3. The molecule has 1 aromatic carbocycles. The molecule has 4 rings (SSSR count). The van der Waals surface area contributed by atoms with Crippen LogP contribution < -0.4 is 5.32 Å². The van der Waals surface area contributed by atoms with Crippen LogP contribution in [0.4, 0.5) is 5.69 Å². The van der Waals surface area contributed by atoms with Crippen molar-refractivity contribution in [1.82, 2.24) is 0 Å². The van der Waals surface area contributed by atoms with Crippen LogP contribution in [0.5, 0.6) is 0 Å². The van der Waals surface area contributed by atoms with Crippen molar-refractivity contribution in [3.63, 3.8) is 0 Å². The molecule has 4 nitrogen and oxygen atoms in total. The van der Waals surface area contributed by atoms with E-state index in [1.54, 1.807) is 18.2 Å². The molecule has 2 aliphatic carbocycles. The summed E-state index contributed by atoms with van der Waals surface area (Å²) in [5, 5.41) is 3.72. The van der Waals surface area contributed by atoms with Crippen LogP contribution in [0, 0.1) is 23.7 Å². The summed E-state index contributed by atoms with van der Waals surface area (Å²) >= 11 is 15.5. The van der Waals surface area contributed by atoms with Gasteiger partial charge >= 0.3 is 5.97 Å². The summed E-state index contributed by atoms with van der Waals surface area (Å²) in [4.78, 5) is 24.8. The third-order valence-corrected chi connectivity index (χ3v) is 6.76. The minimum absolute atomic E-state index is 0.0524. The van der Waals surface area contributed by atoms with Gasteiger partial charge < -0.3 is 10.1 Å². The number of amides is 1. The average molecular weight is 405 g/mol. The van der Waals surface area contributed by atoms with Crippen molar-refractivity contribution in [2.45, 2.75) is 17.4 Å². The van der Waals surface area contributed by atoms with Crippen molar-refractivity contribution in [1.29, 1.82) is 0 Å². The summed E-state index contributed by atoms with van der Waals surface area (Å²) in [6.45, 7) is 0. The molecule has 3 fully saturated rings. The minimum Gasteiger partial charge on any atom is -0.461 e. The van der Waals surface area contributed by atoms with E-state index < -0.39 is 0 Å². The molecule has 6 atom stereocenters. The van der Waals surface area contributed by atoms with Gasteiger partial charge in [0.15, 0.2) is 0 Å². The van der Waals surface area contributed by atoms with Gasteiger partial charge in [-0.3, -0.25) is 9.59 Å². The van der Waals surface area contributed by atoms with Crippen LogP contribution in [0.25, 0.3) is 0 Å². The zero-order valence-corrected chi connectivity index (χ0v) is 14.4. The van der Waals surface area contributed by atoms with Gasteiger partial charge in [-0.25, -0.2) is 0 Å². The Morgan fingerprint density at radius 2 is 2.09 bits per heavy atom. The second kappa shape index (κ2) is 5.11. The predicted molar refractivity (Wildman–Crippen MR) is 86.3 cm³/mol. The Morgan fingerprint density at radius 1 is 1.32 bits per heavy atom. The molecule has 1 saturated heterocycles. The van der Waals surface area contributed by atoms with Crippen LogP contribution in [0.15, 0.2) is 18.2 Å². The highest BCUT2D eigenvalue weighted by Gasteiger charge is 2.67. The lowest BCUT2D eigenvalue weighted by molar-refractivity contribution is -0.145. The number of esters is 1. The fraction of sp³-hybridized carbons (Fsp3) is 0.467. The number of hydrogen-bond donors (Lipinski definition) is 1. The third-order valence-electron chi connectivity index (χ3n) is 5.01. The van der Waals surface area contributed by atoms with Gasteiger partial charge in [0.05, 0.1) is 27.4 Å². The van der Waals surface area contributed by atoms with E-state index in [-0.39, 0.29) is 46.5 Å². The molecule has 1 aromatic rings. The molecule has 2 saturated carbocycles. The summed E-state index contributed by atoms with van der Waals surface area (Å²) in [5.41, 5.74) is 0.507. The number of fused-ring (bicyclic) bond motifs is 1. The number of hydrogen-bond acceptors (Lipinski definition) is 3. The zero-order chi connectivity index (χ0) is 15.6. The Kier molecular flexibility index (Phi) is 3.44. The minimum atomic E-state index is -0.368. The van der Waals surface area contributed by atoms with Crippen molar-refractivity contribution < 1.29 is 14.3 Å². The first-order valence-electron chi connectivity index (χ1n) is 7.08. The Hall–Kier alpha value is -0.780. The quantitative estimate of drug-likeness (QED) is 0.606. The number of carbonyl (C=O) groups excluding carboxylic acids is 2. The summed E-state index contributed by atoms with van der Waals surface area (Å²) in [6, 6.07) is 4.90. The van der Waals surface area contributed by atoms with E-state index in [4.69, 9.17) is 27.9 Å². The van der Waals surface area contributed by atoms with E-state index >= 15 is 0 Å². The molecule has 0 aromatic heterocycles. The number of ether oxygens (including phenoxy) is 1. The highest BCUT2D eigenvalue weighted by Crippen LogP contribution is 2.60. The molecule has 1 aliphatic heterocycles. The Morgan fingerprint density at radius 3 is 2.82 bits per heavy atom. The SMILES string of the molecule is O=C(Nc1ccc(Cl)cc1Cl)[C@@H]1[C@@H]2C[C@H]3[C@H](OC(=O)[C@@H]31)[C@@H]2Br. The zero-order valence-electron chi connectivity index (χ0n) is 11.3. The molecule has 0 radical (unpaired) electrons. The number of nitrogens with one attached hydrogen (secondary N) is 1. The van der Waals surface area contributed by atoms with Crippen molar-refractivity contribution in [3.05, 3.63) is 28.2 Å². The van der Waals surface area contributed by atoms with Crippen LogP contribution >= 0.6 is 39.1 Å². The van der Waals surface area contributed by atoms with E-state index in [2.05, 4.69) is 21.2 Å². The molecule has 1 N–H and O–H groups in total. The van der Waals surface area contributed by atoms with Crippen LogP contribution in [0.3, 0.4) is 0 Å². The van der Waals surface area contributed by atoms with Gasteiger partial charge in [0.1, 0.15) is 6.10 Å². The van der Waals surface area contributed by atoms with Crippen molar-refractivity contribution in [2.75, 3.05) is 5.32 Å². The largest absolute Gasteiger partial charge is 0.461 e. The molecule has 2 bridgehead atoms. The Labute approximate surface area is 145 Å². The summed E-state index contributed by atoms with van der Waals surface area (Å²) in [5.74, 6) is -0.844. The maximum atomic E-state index is 12.7. The predicted octanol–water partition coefficient (Wildman–Crippen LogP) is 3.50. The highest BCUT2D eigenvalue weighted by atomic mass is 79.9. The van der Waals surface area contributed by atoms with Gasteiger partial charge in [-0.05, 0) is 30.5 Å². The second-order valence-electron chi connectivity index (χ2n) is 6.07. The number of carbonyl (C=O) groups is 2. The van der Waals surface area contributed by atoms with Crippen LogP contribution in [0.2, 0.25) is 10.0 Å². The van der Waals surface area contributed by atoms with Crippen LogP contribution in [-0.2, 0) is 14.3 Å². The van der Waals surface area contributed by atoms with Gasteiger partial charge in [0.25, 0.3) is 0 Å². The molecular formula is C15H12BrCl2NO3. The second-order valence-corrected chi connectivity index (χ2v) is 7.98. The highest BCUT2D eigenvalue weighted by molar-refractivity contribution is 9.09. The number of rotatable bonds is 2. The number of anilines is 1. The van der Waals surface area contributed by atoms with Gasteiger partial charge in [-0.15, -0.1) is 0 Å². The lowest BCUT2D eigenvalue weighted by atomic mass is 9.79. The first-order chi connectivity index (χ1) is 10.5. The Bertz CT molecular complexity index is 683. The molecule has 22 heavy (non-hydrogen) atoms. The van der Waals surface area contributed by atoms with E-state index in [0.717, 1.165) is 6.42 Å². The fourth-order valence-electron chi connectivity index (χ4n) is 4.14. The molecule has 0 unspecified atom stereocenters. The van der Waals surface area contributed by atoms with E-state index in [1.165, 1.54) is 0 Å². The lowest BCUT2D eigenvalue weighted by Gasteiger charge is -2.27. The van der Waals surface area contributed by atoms with Crippen molar-refractivity contribution in [2.24, 2.45) is 23.7 Å². The normalized spacial score (nSPS) is 38.2. The van der Waals surface area contributed by atoms with E-state index in [1.807, 2.05) is 0 Å². The summed E-state index contributed by atoms with van der Waals surface area (Å²) < 4.78 is 5.41. The maximum absolute atomic E-state index is 12.7. The molecule has 0 spiro atoms. The van der Waals surface area contributed by atoms with Gasteiger partial charge in [0.2, 0.25) is 5.91 Å². The summed E-state index contributed by atoms with van der Waals surface area (Å²) in [6.07, 6.45) is 0.773. The van der Waals surface area contributed by atoms with Gasteiger partial charge in [-0.2, -0.15) is 0 Å². The summed E-state index contributed by atoms with van der Waals surface area (Å²) in [7, 11) is 0. The average Bonchev–Trinajstić information content (AvgIpc) is 3.06. The molecule has 3 aliphatic rings. The van der Waals surface area contributed by atoms with Gasteiger partial charge in [0, 0.05) is 10.9 Å². The fourth-order valence-corrected chi connectivity index (χ4v) is 5.64. The first kappa shape index (κ1) is 14.8. The molecule has 7 heteroatoms. The van der Waals surface area contributed by atoms with Crippen LogP contribution in [0.1, 0.15) is 6.42 Å². The lowest BCUT2D eigenvalue weighted by Crippen LogP contribution is -2.40. The standard InChI is InChI=1S/C15H12BrCl2NO3/c16-12-6-4-7-11(15(21)22-13(7)12)10(6)14(20)19-9-2-1-5(17)3-8(9)18/h1-3,6-7,10-13H,4H2,(H,19,20)/t6-,7+,10+,11-,12+,13-/m0/s1. The smallest absolute Gasteiger partial charge is 0.310 e.